The number of carbonyl (C=O) groups excluding carboxylic acids is 1. The number of aliphatic carboxylic acids is 1. The van der Waals surface area contributed by atoms with Crippen molar-refractivity contribution >= 4 is 17.6 Å². The van der Waals surface area contributed by atoms with Gasteiger partial charge in [-0.25, -0.2) is 0 Å². The summed E-state index contributed by atoms with van der Waals surface area (Å²) in [7, 11) is 0. The Labute approximate surface area is 118 Å². The molecule has 0 spiro atoms. The number of hydrogen-bond donors (Lipinski definition) is 2. The summed E-state index contributed by atoms with van der Waals surface area (Å²) in [6, 6.07) is 7.07. The first-order valence-corrected chi connectivity index (χ1v) is 6.80. The van der Waals surface area contributed by atoms with Gasteiger partial charge in [0.2, 0.25) is 5.91 Å². The third kappa shape index (κ3) is 2.61. The van der Waals surface area contributed by atoms with Crippen molar-refractivity contribution in [2.24, 2.45) is 0 Å². The summed E-state index contributed by atoms with van der Waals surface area (Å²) in [6.07, 6.45) is 0. The quantitative estimate of drug-likeness (QED) is 0.876. The van der Waals surface area contributed by atoms with Crippen molar-refractivity contribution in [2.75, 3.05) is 11.4 Å². The third-order valence-electron chi connectivity index (χ3n) is 3.58. The second-order valence-electron chi connectivity index (χ2n) is 5.44. The Hall–Kier alpha value is -2.04. The molecule has 2 atom stereocenters. The minimum absolute atomic E-state index is 0.0677. The first-order chi connectivity index (χ1) is 9.41. The van der Waals surface area contributed by atoms with Crippen LogP contribution in [0.15, 0.2) is 24.3 Å². The molecule has 0 saturated carbocycles. The highest BCUT2D eigenvalue weighted by Crippen LogP contribution is 2.37. The molecule has 20 heavy (non-hydrogen) atoms. The summed E-state index contributed by atoms with van der Waals surface area (Å²) < 4.78 is 0. The largest absolute Gasteiger partial charge is 0.481 e. The van der Waals surface area contributed by atoms with Crippen LogP contribution < -0.4 is 10.2 Å². The normalized spacial score (nSPS) is 18.8. The van der Waals surface area contributed by atoms with Gasteiger partial charge in [-0.2, -0.15) is 0 Å². The minimum Gasteiger partial charge on any atom is -0.481 e. The molecule has 1 aromatic rings. The number of benzene rings is 1. The molecule has 0 saturated heterocycles. The smallest absolute Gasteiger partial charge is 0.312 e. The number of hydrogen-bond acceptors (Lipinski definition) is 3. The van der Waals surface area contributed by atoms with Gasteiger partial charge in [0.25, 0.3) is 0 Å². The van der Waals surface area contributed by atoms with Crippen LogP contribution >= 0.6 is 0 Å². The molecule has 0 fully saturated rings. The maximum Gasteiger partial charge on any atom is 0.312 e. The SMILES string of the molecule is CC(C)NC(=O)C(C)N1CC(C(=O)O)c2ccccc21. The van der Waals surface area contributed by atoms with Gasteiger partial charge in [-0.3, -0.25) is 9.59 Å². The molecule has 1 aliphatic heterocycles. The number of carboxylic acid groups (broad SMARTS) is 1. The van der Waals surface area contributed by atoms with E-state index in [1.165, 1.54) is 0 Å². The van der Waals surface area contributed by atoms with E-state index in [4.69, 9.17) is 0 Å². The molecule has 2 unspecified atom stereocenters. The van der Waals surface area contributed by atoms with E-state index < -0.39 is 11.9 Å². The molecular weight excluding hydrogens is 256 g/mol. The van der Waals surface area contributed by atoms with E-state index in [1.54, 1.807) is 6.92 Å². The molecule has 5 heteroatoms. The zero-order valence-corrected chi connectivity index (χ0v) is 12.0. The molecule has 0 radical (unpaired) electrons. The fraction of sp³-hybridized carbons (Fsp3) is 0.467. The number of anilines is 1. The lowest BCUT2D eigenvalue weighted by Crippen LogP contribution is -2.47. The van der Waals surface area contributed by atoms with Crippen LogP contribution in [-0.2, 0) is 9.59 Å². The second-order valence-corrected chi connectivity index (χ2v) is 5.44. The highest BCUT2D eigenvalue weighted by atomic mass is 16.4. The van der Waals surface area contributed by atoms with Crippen LogP contribution in [0.1, 0.15) is 32.3 Å². The topological polar surface area (TPSA) is 69.6 Å². The molecule has 0 aliphatic carbocycles. The summed E-state index contributed by atoms with van der Waals surface area (Å²) >= 11 is 0. The summed E-state index contributed by atoms with van der Waals surface area (Å²) in [4.78, 5) is 25.3. The van der Waals surface area contributed by atoms with Gasteiger partial charge in [-0.1, -0.05) is 18.2 Å². The summed E-state index contributed by atoms with van der Waals surface area (Å²) in [5.41, 5.74) is 1.62. The van der Waals surface area contributed by atoms with Crippen LogP contribution in [0.2, 0.25) is 0 Å². The van der Waals surface area contributed by atoms with E-state index in [0.29, 0.717) is 6.54 Å². The molecule has 2 rings (SSSR count). The first kappa shape index (κ1) is 14.4. The van der Waals surface area contributed by atoms with E-state index in [-0.39, 0.29) is 18.0 Å². The molecule has 0 bridgehead atoms. The van der Waals surface area contributed by atoms with Gasteiger partial charge in [0.05, 0.1) is 0 Å². The minimum atomic E-state index is -0.851. The third-order valence-corrected chi connectivity index (χ3v) is 3.58. The fourth-order valence-electron chi connectivity index (χ4n) is 2.56. The highest BCUT2D eigenvalue weighted by Gasteiger charge is 2.37. The Morgan fingerprint density at radius 3 is 2.55 bits per heavy atom. The Morgan fingerprint density at radius 2 is 1.95 bits per heavy atom. The zero-order valence-electron chi connectivity index (χ0n) is 12.0. The van der Waals surface area contributed by atoms with Gasteiger partial charge in [-0.05, 0) is 32.4 Å². The van der Waals surface area contributed by atoms with Crippen LogP contribution in [0.25, 0.3) is 0 Å². The molecule has 0 aromatic heterocycles. The van der Waals surface area contributed by atoms with Crippen molar-refractivity contribution in [2.45, 2.75) is 38.8 Å². The van der Waals surface area contributed by atoms with E-state index >= 15 is 0 Å². The average molecular weight is 276 g/mol. The van der Waals surface area contributed by atoms with Gasteiger partial charge >= 0.3 is 5.97 Å². The van der Waals surface area contributed by atoms with Gasteiger partial charge in [0.15, 0.2) is 0 Å². The number of carboxylic acids is 1. The maximum atomic E-state index is 12.1. The van der Waals surface area contributed by atoms with Crippen molar-refractivity contribution < 1.29 is 14.7 Å². The van der Waals surface area contributed by atoms with Gasteiger partial charge in [0, 0.05) is 18.3 Å². The van der Waals surface area contributed by atoms with E-state index in [0.717, 1.165) is 11.3 Å². The first-order valence-electron chi connectivity index (χ1n) is 6.80. The standard InChI is InChI=1S/C15H20N2O3/c1-9(2)16-14(18)10(3)17-8-12(15(19)20)11-6-4-5-7-13(11)17/h4-7,9-10,12H,8H2,1-3H3,(H,16,18)(H,19,20). The van der Waals surface area contributed by atoms with Crippen molar-refractivity contribution in [3.05, 3.63) is 29.8 Å². The Bertz CT molecular complexity index is 528. The highest BCUT2D eigenvalue weighted by molar-refractivity contribution is 5.89. The van der Waals surface area contributed by atoms with E-state index in [1.807, 2.05) is 43.0 Å². The van der Waals surface area contributed by atoms with Crippen LogP contribution in [0.3, 0.4) is 0 Å². The van der Waals surface area contributed by atoms with Gasteiger partial charge in [0.1, 0.15) is 12.0 Å². The van der Waals surface area contributed by atoms with Crippen molar-refractivity contribution in [3.8, 4) is 0 Å². The molecule has 108 valence electrons. The molecule has 1 amide bonds. The molecular formula is C15H20N2O3. The monoisotopic (exact) mass is 276 g/mol. The van der Waals surface area contributed by atoms with E-state index in [2.05, 4.69) is 5.32 Å². The van der Waals surface area contributed by atoms with Crippen LogP contribution in [0.4, 0.5) is 5.69 Å². The molecule has 5 nitrogen and oxygen atoms in total. The van der Waals surface area contributed by atoms with Crippen molar-refractivity contribution in [1.29, 1.82) is 0 Å². The number of amides is 1. The Morgan fingerprint density at radius 1 is 1.30 bits per heavy atom. The zero-order chi connectivity index (χ0) is 14.9. The van der Waals surface area contributed by atoms with Crippen LogP contribution in [0.5, 0.6) is 0 Å². The number of rotatable bonds is 4. The molecule has 1 heterocycles. The van der Waals surface area contributed by atoms with Crippen molar-refractivity contribution in [3.63, 3.8) is 0 Å². The predicted molar refractivity (Wildman–Crippen MR) is 76.9 cm³/mol. The Balaban J connectivity index is 2.26. The second kappa shape index (κ2) is 5.53. The summed E-state index contributed by atoms with van der Waals surface area (Å²) in [6.45, 7) is 5.95. The van der Waals surface area contributed by atoms with E-state index in [9.17, 15) is 14.7 Å². The number of nitrogens with one attached hydrogen (secondary N) is 1. The predicted octanol–water partition coefficient (Wildman–Crippen LogP) is 1.59. The lowest BCUT2D eigenvalue weighted by molar-refractivity contribution is -0.138. The van der Waals surface area contributed by atoms with Crippen LogP contribution in [0, 0.1) is 0 Å². The maximum absolute atomic E-state index is 12.1. The number of para-hydroxylation sites is 1. The van der Waals surface area contributed by atoms with Gasteiger partial charge < -0.3 is 15.3 Å². The summed E-state index contributed by atoms with van der Waals surface area (Å²) in [5, 5.41) is 12.2. The lowest BCUT2D eigenvalue weighted by atomic mass is 10.0. The van der Waals surface area contributed by atoms with Crippen LogP contribution in [-0.4, -0.2) is 35.6 Å². The number of carbonyl (C=O) groups is 2. The number of nitrogens with zero attached hydrogens (tertiary/aromatic N) is 1. The van der Waals surface area contributed by atoms with Crippen molar-refractivity contribution in [1.82, 2.24) is 5.32 Å². The summed E-state index contributed by atoms with van der Waals surface area (Å²) in [5.74, 6) is -1.50. The molecule has 1 aliphatic rings. The molecule has 1 aromatic carbocycles. The Kier molecular flexibility index (Phi) is 3.97. The molecule has 2 N–H and O–H groups in total. The fourth-order valence-corrected chi connectivity index (χ4v) is 2.56. The lowest BCUT2D eigenvalue weighted by Gasteiger charge is -2.27. The van der Waals surface area contributed by atoms with Gasteiger partial charge in [-0.15, -0.1) is 0 Å². The average Bonchev–Trinajstić information content (AvgIpc) is 2.76. The number of fused-ring (bicyclic) bond motifs is 1.